The van der Waals surface area contributed by atoms with Gasteiger partial charge < -0.3 is 24.3 Å². The number of alkyl halides is 2. The number of aromatic nitrogens is 4. The van der Waals surface area contributed by atoms with Gasteiger partial charge in [0, 0.05) is 101 Å². The van der Waals surface area contributed by atoms with Crippen molar-refractivity contribution in [3.63, 3.8) is 0 Å². The van der Waals surface area contributed by atoms with Gasteiger partial charge in [-0.1, -0.05) is 0 Å². The van der Waals surface area contributed by atoms with E-state index in [9.17, 15) is 18.4 Å². The summed E-state index contributed by atoms with van der Waals surface area (Å²) in [6.45, 7) is 9.04. The van der Waals surface area contributed by atoms with Crippen LogP contribution in [0.15, 0.2) is 36.7 Å². The molecule has 0 bridgehead atoms. The van der Waals surface area contributed by atoms with Gasteiger partial charge in [0.2, 0.25) is 11.8 Å². The van der Waals surface area contributed by atoms with Gasteiger partial charge in [-0.15, -0.1) is 0 Å². The van der Waals surface area contributed by atoms with E-state index in [2.05, 4.69) is 19.5 Å². The van der Waals surface area contributed by atoms with Gasteiger partial charge in [-0.2, -0.15) is 5.10 Å². The molecular formula is C36H42F2N8O3. The van der Waals surface area contributed by atoms with Crippen molar-refractivity contribution in [1.82, 2.24) is 29.0 Å². The van der Waals surface area contributed by atoms with E-state index < -0.39 is 6.43 Å². The summed E-state index contributed by atoms with van der Waals surface area (Å²) in [5, 5.41) is 5.20. The first-order valence-corrected chi connectivity index (χ1v) is 17.4. The second kappa shape index (κ2) is 12.7. The Kier molecular flexibility index (Phi) is 8.25. The maximum absolute atomic E-state index is 15.0. The molecule has 0 spiro atoms. The highest BCUT2D eigenvalue weighted by Gasteiger charge is 2.34. The molecule has 7 heterocycles. The standard InChI is InChI=1S/C36H42F2N8O3/c1-23(47)41-12-14-42(15-13-41)34-21-39-33-19-25(5-11-45(33)34)28-18-26-4-3-9-44(32(26)20-29(28)35(37)38)36-30-22-43(24(2)48)10-6-31(30)46(40-36)27-7-16-49-17-8-27/h5,11,18-21,27,35H,3-4,6-10,12-17,22H2,1-2H3. The minimum atomic E-state index is -2.69. The second-order valence-electron chi connectivity index (χ2n) is 13.6. The number of amides is 2. The molecule has 0 aliphatic carbocycles. The first-order valence-electron chi connectivity index (χ1n) is 17.4. The van der Waals surface area contributed by atoms with Crippen molar-refractivity contribution in [3.05, 3.63) is 59.0 Å². The van der Waals surface area contributed by atoms with Crippen molar-refractivity contribution < 1.29 is 23.1 Å². The number of rotatable bonds is 5. The van der Waals surface area contributed by atoms with Crippen molar-refractivity contribution in [2.75, 3.05) is 62.3 Å². The number of imidazole rings is 1. The fourth-order valence-electron chi connectivity index (χ4n) is 8.06. The lowest BCUT2D eigenvalue weighted by molar-refractivity contribution is -0.130. The van der Waals surface area contributed by atoms with Crippen molar-refractivity contribution in [3.8, 4) is 11.1 Å². The molecule has 49 heavy (non-hydrogen) atoms. The summed E-state index contributed by atoms with van der Waals surface area (Å²) >= 11 is 0. The van der Waals surface area contributed by atoms with Gasteiger partial charge in [-0.3, -0.25) is 18.7 Å². The van der Waals surface area contributed by atoms with Crippen LogP contribution in [0.5, 0.6) is 0 Å². The summed E-state index contributed by atoms with van der Waals surface area (Å²) in [5.41, 5.74) is 5.79. The average molecular weight is 673 g/mol. The number of carbonyl (C=O) groups is 2. The molecule has 258 valence electrons. The van der Waals surface area contributed by atoms with Crippen LogP contribution < -0.4 is 9.80 Å². The quantitative estimate of drug-likeness (QED) is 0.290. The fourth-order valence-corrected chi connectivity index (χ4v) is 8.06. The first-order chi connectivity index (χ1) is 23.8. The van der Waals surface area contributed by atoms with Crippen molar-refractivity contribution in [1.29, 1.82) is 0 Å². The van der Waals surface area contributed by atoms with E-state index in [4.69, 9.17) is 9.84 Å². The van der Waals surface area contributed by atoms with E-state index in [0.29, 0.717) is 82.2 Å². The van der Waals surface area contributed by atoms with Crippen LogP contribution in [0.25, 0.3) is 16.8 Å². The molecule has 2 amide bonds. The van der Waals surface area contributed by atoms with Crippen LogP contribution in [0.1, 0.15) is 68.0 Å². The molecule has 2 saturated heterocycles. The zero-order valence-corrected chi connectivity index (χ0v) is 28.1. The molecule has 4 aliphatic heterocycles. The Morgan fingerprint density at radius 2 is 1.71 bits per heavy atom. The number of anilines is 3. The number of aryl methyl sites for hydroxylation is 1. The van der Waals surface area contributed by atoms with E-state index in [0.717, 1.165) is 59.8 Å². The SMILES string of the molecule is CC(=O)N1CCN(c2cnc3cc(-c4cc5c(cc4C(F)F)N(c4nn(C6CCOCC6)c6c4CN(C(C)=O)CC6)CCC5)ccn23)CC1. The van der Waals surface area contributed by atoms with E-state index >= 15 is 0 Å². The summed E-state index contributed by atoms with van der Waals surface area (Å²) < 4.78 is 39.7. The molecule has 4 aromatic rings. The van der Waals surface area contributed by atoms with Gasteiger partial charge in [0.1, 0.15) is 11.5 Å². The Bertz CT molecular complexity index is 1910. The highest BCUT2D eigenvalue weighted by Crippen LogP contribution is 2.44. The number of halogens is 2. The molecule has 0 atom stereocenters. The molecular weight excluding hydrogens is 630 g/mol. The number of piperazine rings is 1. The van der Waals surface area contributed by atoms with E-state index in [1.54, 1.807) is 19.9 Å². The lowest BCUT2D eigenvalue weighted by atomic mass is 9.92. The van der Waals surface area contributed by atoms with Gasteiger partial charge in [0.05, 0.1) is 18.8 Å². The summed E-state index contributed by atoms with van der Waals surface area (Å²) in [5.74, 6) is 1.80. The molecule has 0 N–H and O–H groups in total. The predicted molar refractivity (Wildman–Crippen MR) is 181 cm³/mol. The zero-order valence-electron chi connectivity index (χ0n) is 28.1. The molecule has 2 fully saturated rings. The van der Waals surface area contributed by atoms with E-state index in [1.165, 1.54) is 0 Å². The Balaban J connectivity index is 1.15. The van der Waals surface area contributed by atoms with Gasteiger partial charge >= 0.3 is 0 Å². The molecule has 11 nitrogen and oxygen atoms in total. The largest absolute Gasteiger partial charge is 0.381 e. The van der Waals surface area contributed by atoms with Crippen LogP contribution in [-0.2, 0) is 33.7 Å². The van der Waals surface area contributed by atoms with Crippen molar-refractivity contribution in [2.24, 2.45) is 0 Å². The van der Waals surface area contributed by atoms with E-state index in [1.807, 2.05) is 44.8 Å². The minimum absolute atomic E-state index is 0.0229. The summed E-state index contributed by atoms with van der Waals surface area (Å²) in [6.07, 6.45) is 5.12. The first kappa shape index (κ1) is 31.7. The number of hydrogen-bond donors (Lipinski definition) is 0. The molecule has 3 aromatic heterocycles. The molecule has 4 aliphatic rings. The number of fused-ring (bicyclic) bond motifs is 3. The molecule has 13 heteroatoms. The number of pyridine rings is 1. The molecule has 1 aromatic carbocycles. The predicted octanol–water partition coefficient (Wildman–Crippen LogP) is 5.14. The molecule has 0 radical (unpaired) electrons. The van der Waals surface area contributed by atoms with Crippen LogP contribution in [0.2, 0.25) is 0 Å². The van der Waals surface area contributed by atoms with Crippen LogP contribution >= 0.6 is 0 Å². The molecule has 0 saturated carbocycles. The molecule has 0 unspecified atom stereocenters. The normalized spacial score (nSPS) is 18.7. The second-order valence-corrected chi connectivity index (χ2v) is 13.6. The van der Waals surface area contributed by atoms with Crippen LogP contribution in [0.3, 0.4) is 0 Å². The third kappa shape index (κ3) is 5.71. The Hall–Kier alpha value is -4.52. The lowest BCUT2D eigenvalue weighted by Gasteiger charge is -2.35. The lowest BCUT2D eigenvalue weighted by Crippen LogP contribution is -2.48. The maximum Gasteiger partial charge on any atom is 0.264 e. The van der Waals surface area contributed by atoms with Gasteiger partial charge in [0.25, 0.3) is 6.43 Å². The fraction of sp³-hybridized carbons (Fsp3) is 0.500. The highest BCUT2D eigenvalue weighted by atomic mass is 19.3. The third-order valence-corrected chi connectivity index (χ3v) is 10.8. The van der Waals surface area contributed by atoms with E-state index in [-0.39, 0.29) is 23.4 Å². The Morgan fingerprint density at radius 1 is 0.939 bits per heavy atom. The number of carbonyl (C=O) groups excluding carboxylic acids is 2. The van der Waals surface area contributed by atoms with Gasteiger partial charge in [0.15, 0.2) is 5.82 Å². The summed E-state index contributed by atoms with van der Waals surface area (Å²) in [4.78, 5) is 36.9. The summed E-state index contributed by atoms with van der Waals surface area (Å²) in [6, 6.07) is 7.58. The van der Waals surface area contributed by atoms with Crippen molar-refractivity contribution in [2.45, 2.75) is 65.0 Å². The topological polar surface area (TPSA) is 91.4 Å². The zero-order chi connectivity index (χ0) is 33.8. The highest BCUT2D eigenvalue weighted by molar-refractivity contribution is 5.79. The number of nitrogens with zero attached hydrogens (tertiary/aromatic N) is 8. The number of hydrogen-bond acceptors (Lipinski definition) is 7. The Morgan fingerprint density at radius 3 is 2.45 bits per heavy atom. The maximum atomic E-state index is 15.0. The van der Waals surface area contributed by atoms with Crippen LogP contribution in [0, 0.1) is 0 Å². The van der Waals surface area contributed by atoms with Gasteiger partial charge in [-0.05, 0) is 66.6 Å². The monoisotopic (exact) mass is 672 g/mol. The summed E-state index contributed by atoms with van der Waals surface area (Å²) in [7, 11) is 0. The van der Waals surface area contributed by atoms with Crippen molar-refractivity contribution >= 4 is 34.8 Å². The Labute approximate surface area is 284 Å². The average Bonchev–Trinajstić information content (AvgIpc) is 3.72. The number of ether oxygens (including phenoxy) is 1. The van der Waals surface area contributed by atoms with Crippen LogP contribution in [-0.4, -0.2) is 93.3 Å². The minimum Gasteiger partial charge on any atom is -0.381 e. The van der Waals surface area contributed by atoms with Gasteiger partial charge in [-0.25, -0.2) is 13.8 Å². The smallest absolute Gasteiger partial charge is 0.264 e. The number of benzene rings is 1. The van der Waals surface area contributed by atoms with Crippen LogP contribution in [0.4, 0.5) is 26.1 Å². The molecule has 8 rings (SSSR count). The third-order valence-electron chi connectivity index (χ3n) is 10.8.